The number of piperazine rings is 1. The molecule has 64 heavy (non-hydrogen) atoms. The van der Waals surface area contributed by atoms with Crippen LogP contribution in [0.5, 0.6) is 0 Å². The summed E-state index contributed by atoms with van der Waals surface area (Å²) in [4.78, 5) is 50.8. The first-order chi connectivity index (χ1) is 30.9. The van der Waals surface area contributed by atoms with Gasteiger partial charge in [-0.15, -0.1) is 21.5 Å². The zero-order valence-corrected chi connectivity index (χ0v) is 39.1. The van der Waals surface area contributed by atoms with Gasteiger partial charge < -0.3 is 19.7 Å². The Morgan fingerprint density at radius 1 is 0.891 bits per heavy atom. The minimum absolute atomic E-state index is 0.103. The number of anilines is 1. The van der Waals surface area contributed by atoms with E-state index in [4.69, 9.17) is 49.3 Å². The molecule has 2 saturated heterocycles. The van der Waals surface area contributed by atoms with Gasteiger partial charge in [0.15, 0.2) is 11.6 Å². The van der Waals surface area contributed by atoms with Crippen molar-refractivity contribution >= 4 is 81.0 Å². The van der Waals surface area contributed by atoms with Crippen LogP contribution in [0.1, 0.15) is 68.4 Å². The number of amides is 2. The number of nitrogens with one attached hydrogen (secondary N) is 2. The minimum atomic E-state index is -0.545. The highest BCUT2D eigenvalue weighted by Crippen LogP contribution is 2.39. The molecule has 20 heteroatoms. The van der Waals surface area contributed by atoms with Crippen LogP contribution in [0.4, 0.5) is 11.5 Å². The van der Waals surface area contributed by atoms with Crippen molar-refractivity contribution in [3.05, 3.63) is 108 Å². The largest absolute Gasteiger partial charge is 0.378 e. The first-order valence-corrected chi connectivity index (χ1v) is 23.1. The number of hydrogen-bond donors (Lipinski definition) is 2. The van der Waals surface area contributed by atoms with Crippen LogP contribution in [0.15, 0.2) is 58.5 Å². The summed E-state index contributed by atoms with van der Waals surface area (Å²) >= 11 is 20.2. The van der Waals surface area contributed by atoms with Gasteiger partial charge in [-0.3, -0.25) is 34.5 Å². The number of nitrogens with zero attached hydrogens (tertiary/aromatic N) is 10. The molecule has 2 amide bonds. The topological polar surface area (TPSA) is 168 Å². The Kier molecular flexibility index (Phi) is 14.5. The van der Waals surface area contributed by atoms with Crippen molar-refractivity contribution in [1.82, 2.24) is 45.3 Å². The molecule has 3 aromatic heterocycles. The fraction of sp³-hybridized carbons (Fsp3) is 0.409. The van der Waals surface area contributed by atoms with E-state index in [1.807, 2.05) is 51.7 Å². The Morgan fingerprint density at radius 2 is 1.66 bits per heavy atom. The standard InChI is InChI=1S/C44H49Cl3N12O4S/c1-26-27(2)64-44-40(26)41(30-5-7-31(45)8-6-30)51-35(42-54-53-29(4)59(42)44)25-39(60)48-12-19-62-21-22-63-20-18-56-14-16-57(17-15-56)43(61)36-24-38(50-28(3)49-36)52-37-11-13-58(55-37)32-9-10-33(46)34(47)23-32/h5-10,23-24,35H,11-22,25H2,1-4H3,(H,48,60)(H,49,50,52,55)/t35-/m0/s1. The van der Waals surface area contributed by atoms with Gasteiger partial charge in [0.2, 0.25) is 5.91 Å². The highest BCUT2D eigenvalue weighted by Gasteiger charge is 2.32. The van der Waals surface area contributed by atoms with Gasteiger partial charge in [-0.1, -0.05) is 46.9 Å². The zero-order valence-electron chi connectivity index (χ0n) is 36.0. The van der Waals surface area contributed by atoms with Gasteiger partial charge in [0.25, 0.3) is 5.91 Å². The fourth-order valence-corrected chi connectivity index (χ4v) is 9.40. The predicted molar refractivity (Wildman–Crippen MR) is 250 cm³/mol. The van der Waals surface area contributed by atoms with Crippen LogP contribution in [0.25, 0.3) is 5.00 Å². The maximum Gasteiger partial charge on any atom is 0.272 e. The first kappa shape index (κ1) is 45.6. The van der Waals surface area contributed by atoms with Crippen molar-refractivity contribution in [3.63, 3.8) is 0 Å². The number of aliphatic imine (C=N–C) groups is 2. The maximum atomic E-state index is 13.5. The summed E-state index contributed by atoms with van der Waals surface area (Å²) in [5, 5.41) is 16.4. The lowest BCUT2D eigenvalue weighted by molar-refractivity contribution is -0.121. The molecule has 2 aromatic carbocycles. The highest BCUT2D eigenvalue weighted by molar-refractivity contribution is 7.15. The van der Waals surface area contributed by atoms with Gasteiger partial charge in [-0.05, 0) is 63.6 Å². The van der Waals surface area contributed by atoms with Gasteiger partial charge in [-0.25, -0.2) is 15.0 Å². The van der Waals surface area contributed by atoms with Crippen molar-refractivity contribution in [1.29, 1.82) is 0 Å². The van der Waals surface area contributed by atoms with E-state index in [0.29, 0.717) is 97.3 Å². The average molecular weight is 948 g/mol. The molecule has 0 radical (unpaired) electrons. The predicted octanol–water partition coefficient (Wildman–Crippen LogP) is 6.65. The molecule has 1 atom stereocenters. The molecule has 16 nitrogen and oxygen atoms in total. The van der Waals surface area contributed by atoms with Gasteiger partial charge in [0.05, 0.1) is 54.3 Å². The van der Waals surface area contributed by atoms with Crippen LogP contribution in [0, 0.1) is 27.7 Å². The summed E-state index contributed by atoms with van der Waals surface area (Å²) in [6, 6.07) is 14.2. The average Bonchev–Trinajstić information content (AvgIpc) is 3.96. The Morgan fingerprint density at radius 3 is 2.42 bits per heavy atom. The van der Waals surface area contributed by atoms with Crippen molar-refractivity contribution in [2.24, 2.45) is 9.98 Å². The van der Waals surface area contributed by atoms with E-state index in [1.165, 1.54) is 4.88 Å². The SMILES string of the molecule is Cc1nc(N=C2CCN(c3ccc(Cl)c(Cl)c3)N2)cc(C(=O)N2CCN(CCOCCOCCNC(=O)C[C@@H]3N=C(c4ccc(Cl)cc4)c4c(sc(C)c4C)-n4c(C)nnc43)CC2)n1. The van der Waals surface area contributed by atoms with E-state index in [-0.39, 0.29) is 18.2 Å². The van der Waals surface area contributed by atoms with E-state index in [9.17, 15) is 9.59 Å². The molecule has 2 fully saturated rings. The summed E-state index contributed by atoms with van der Waals surface area (Å²) < 4.78 is 13.6. The van der Waals surface area contributed by atoms with Crippen LogP contribution < -0.4 is 15.8 Å². The summed E-state index contributed by atoms with van der Waals surface area (Å²) in [5.41, 5.74) is 8.36. The molecule has 0 aliphatic carbocycles. The molecule has 2 N–H and O–H groups in total. The van der Waals surface area contributed by atoms with E-state index < -0.39 is 6.04 Å². The Bertz CT molecular complexity index is 2570. The molecule has 5 aromatic rings. The fourth-order valence-electron chi connectivity index (χ4n) is 7.76. The van der Waals surface area contributed by atoms with E-state index >= 15 is 0 Å². The lowest BCUT2D eigenvalue weighted by atomic mass is 9.99. The lowest BCUT2D eigenvalue weighted by Gasteiger charge is -2.34. The third-order valence-electron chi connectivity index (χ3n) is 11.2. The number of carbonyl (C=O) groups excluding carboxylic acids is 2. The normalized spacial score (nSPS) is 17.0. The van der Waals surface area contributed by atoms with Crippen molar-refractivity contribution in [2.45, 2.75) is 46.6 Å². The minimum Gasteiger partial charge on any atom is -0.378 e. The number of benzene rings is 2. The van der Waals surface area contributed by atoms with Crippen molar-refractivity contribution < 1.29 is 19.1 Å². The first-order valence-electron chi connectivity index (χ1n) is 21.1. The van der Waals surface area contributed by atoms with E-state index in [1.54, 1.807) is 36.5 Å². The Labute approximate surface area is 390 Å². The second-order valence-electron chi connectivity index (χ2n) is 15.6. The number of halogens is 3. The van der Waals surface area contributed by atoms with Crippen LogP contribution in [-0.4, -0.2) is 130 Å². The number of ether oxygens (including phenoxy) is 2. The third-order valence-corrected chi connectivity index (χ3v) is 13.4. The second kappa shape index (κ2) is 20.4. The number of amidine groups is 1. The van der Waals surface area contributed by atoms with Gasteiger partial charge in [-0.2, -0.15) is 0 Å². The van der Waals surface area contributed by atoms with Gasteiger partial charge in [0.1, 0.15) is 34.2 Å². The molecule has 0 saturated carbocycles. The quantitative estimate of drug-likeness (QED) is 0.108. The third kappa shape index (κ3) is 10.6. The zero-order chi connectivity index (χ0) is 44.9. The maximum absolute atomic E-state index is 13.5. The molecule has 3 aliphatic heterocycles. The number of aromatic nitrogens is 5. The number of thiophene rings is 1. The van der Waals surface area contributed by atoms with Crippen LogP contribution in [0.3, 0.4) is 0 Å². The molecular formula is C44H49Cl3N12O4S. The molecule has 8 rings (SSSR count). The van der Waals surface area contributed by atoms with Crippen molar-refractivity contribution in [2.75, 3.05) is 77.2 Å². The number of hydrogen-bond acceptors (Lipinski definition) is 13. The smallest absolute Gasteiger partial charge is 0.272 e. The van der Waals surface area contributed by atoms with Crippen LogP contribution in [-0.2, 0) is 14.3 Å². The molecule has 0 spiro atoms. The summed E-state index contributed by atoms with van der Waals surface area (Å²) in [5.74, 6) is 2.70. The number of rotatable bonds is 15. The highest BCUT2D eigenvalue weighted by atomic mass is 35.5. The lowest BCUT2D eigenvalue weighted by Crippen LogP contribution is -2.49. The van der Waals surface area contributed by atoms with Crippen LogP contribution >= 0.6 is 46.1 Å². The van der Waals surface area contributed by atoms with E-state index in [0.717, 1.165) is 64.4 Å². The van der Waals surface area contributed by atoms with Gasteiger partial charge in [0, 0.05) is 79.3 Å². The second-order valence-corrected chi connectivity index (χ2v) is 18.1. The molecular weight excluding hydrogens is 899 g/mol. The summed E-state index contributed by atoms with van der Waals surface area (Å²) in [6.07, 6.45) is 0.770. The number of fused-ring (bicyclic) bond motifs is 3. The van der Waals surface area contributed by atoms with Crippen molar-refractivity contribution in [3.8, 4) is 5.00 Å². The molecule has 3 aliphatic rings. The summed E-state index contributed by atoms with van der Waals surface area (Å²) in [6.45, 7) is 14.0. The summed E-state index contributed by atoms with van der Waals surface area (Å²) in [7, 11) is 0. The monoisotopic (exact) mass is 946 g/mol. The number of hydrazine groups is 1. The molecule has 6 heterocycles. The molecule has 0 bridgehead atoms. The Balaban J connectivity index is 0.735. The number of carbonyl (C=O) groups is 2. The van der Waals surface area contributed by atoms with E-state index in [2.05, 4.69) is 54.6 Å². The molecule has 336 valence electrons. The molecule has 0 unspecified atom stereocenters. The van der Waals surface area contributed by atoms with Gasteiger partial charge >= 0.3 is 0 Å². The Hall–Kier alpha value is -5.01. The van der Waals surface area contributed by atoms with Crippen LogP contribution in [0.2, 0.25) is 15.1 Å². The number of aryl methyl sites for hydroxylation is 3.